The molecule has 2 aromatic rings. The van der Waals surface area contributed by atoms with Crippen LogP contribution in [0.5, 0.6) is 5.75 Å². The van der Waals surface area contributed by atoms with Gasteiger partial charge in [-0.15, -0.1) is 11.3 Å². The number of nitro groups is 1. The van der Waals surface area contributed by atoms with Crippen molar-refractivity contribution in [3.8, 4) is 5.75 Å². The number of esters is 1. The number of nitrogens with one attached hydrogen (secondary N) is 1. The molecule has 3 rings (SSSR count). The van der Waals surface area contributed by atoms with Gasteiger partial charge in [-0.3, -0.25) is 10.1 Å². The van der Waals surface area contributed by atoms with Gasteiger partial charge >= 0.3 is 11.7 Å². The minimum atomic E-state index is -0.490. The zero-order chi connectivity index (χ0) is 18.7. The zero-order valence-corrected chi connectivity index (χ0v) is 15.5. The van der Waals surface area contributed by atoms with Gasteiger partial charge in [0.25, 0.3) is 0 Å². The monoisotopic (exact) mass is 376 g/mol. The third-order valence-corrected chi connectivity index (χ3v) is 5.49. The van der Waals surface area contributed by atoms with E-state index in [1.54, 1.807) is 13.0 Å². The molecule has 0 fully saturated rings. The largest absolute Gasteiger partial charge is 0.490 e. The van der Waals surface area contributed by atoms with Crippen LogP contribution in [0.25, 0.3) is 0 Å². The smallest absolute Gasteiger partial charge is 0.341 e. The Morgan fingerprint density at radius 2 is 2.12 bits per heavy atom. The highest BCUT2D eigenvalue weighted by atomic mass is 32.1. The van der Waals surface area contributed by atoms with Crippen LogP contribution in [0, 0.1) is 10.1 Å². The molecule has 26 heavy (non-hydrogen) atoms. The minimum absolute atomic E-state index is 0.128. The van der Waals surface area contributed by atoms with E-state index in [-0.39, 0.29) is 17.4 Å². The summed E-state index contributed by atoms with van der Waals surface area (Å²) in [6.07, 6.45) is 3.94. The summed E-state index contributed by atoms with van der Waals surface area (Å²) < 4.78 is 10.3. The van der Waals surface area contributed by atoms with Crippen LogP contribution in [0.3, 0.4) is 0 Å². The molecule has 0 saturated heterocycles. The van der Waals surface area contributed by atoms with Crippen molar-refractivity contribution in [1.82, 2.24) is 0 Å². The van der Waals surface area contributed by atoms with Gasteiger partial charge in [0.05, 0.1) is 24.2 Å². The summed E-state index contributed by atoms with van der Waals surface area (Å²) in [5, 5.41) is 15.1. The number of methoxy groups -OCH3 is 1. The van der Waals surface area contributed by atoms with Crippen LogP contribution in [0.15, 0.2) is 18.2 Å². The average Bonchev–Trinajstić information content (AvgIpc) is 2.99. The molecule has 1 aromatic carbocycles. The van der Waals surface area contributed by atoms with Gasteiger partial charge in [0.2, 0.25) is 0 Å². The van der Waals surface area contributed by atoms with Gasteiger partial charge in [0.1, 0.15) is 5.00 Å². The number of fused-ring (bicyclic) bond motifs is 1. The van der Waals surface area contributed by atoms with E-state index in [9.17, 15) is 14.9 Å². The molecular formula is C18H20N2O5S. The number of nitro benzene ring substituents is 1. The molecule has 0 atom stereocenters. The molecule has 0 saturated carbocycles. The van der Waals surface area contributed by atoms with E-state index in [0.717, 1.165) is 31.2 Å². The number of rotatable bonds is 6. The van der Waals surface area contributed by atoms with Crippen molar-refractivity contribution in [2.75, 3.05) is 19.0 Å². The van der Waals surface area contributed by atoms with Gasteiger partial charge < -0.3 is 14.8 Å². The van der Waals surface area contributed by atoms with Crippen molar-refractivity contribution in [1.29, 1.82) is 0 Å². The second-order valence-corrected chi connectivity index (χ2v) is 7.01. The Hall–Kier alpha value is -2.61. The third kappa shape index (κ3) is 3.50. The first-order chi connectivity index (χ1) is 12.5. The first-order valence-electron chi connectivity index (χ1n) is 8.46. The van der Waals surface area contributed by atoms with Gasteiger partial charge in [-0.25, -0.2) is 4.79 Å². The third-order valence-electron chi connectivity index (χ3n) is 4.28. The van der Waals surface area contributed by atoms with Crippen LogP contribution in [0.2, 0.25) is 0 Å². The van der Waals surface area contributed by atoms with Gasteiger partial charge in [0, 0.05) is 16.6 Å². The molecule has 1 aliphatic rings. The minimum Gasteiger partial charge on any atom is -0.490 e. The first-order valence-corrected chi connectivity index (χ1v) is 9.28. The molecule has 138 valence electrons. The Labute approximate surface area is 155 Å². The number of carbonyl (C=O) groups excluding carboxylic acids is 1. The molecule has 1 aliphatic carbocycles. The van der Waals surface area contributed by atoms with Crippen LogP contribution in [-0.4, -0.2) is 24.6 Å². The normalized spacial score (nSPS) is 13.0. The molecule has 0 aliphatic heterocycles. The van der Waals surface area contributed by atoms with E-state index in [0.29, 0.717) is 22.9 Å². The predicted octanol–water partition coefficient (Wildman–Crippen LogP) is 4.46. The molecule has 1 N–H and O–H groups in total. The van der Waals surface area contributed by atoms with Gasteiger partial charge in [-0.1, -0.05) is 0 Å². The quantitative estimate of drug-likeness (QED) is 0.455. The molecule has 0 unspecified atom stereocenters. The summed E-state index contributed by atoms with van der Waals surface area (Å²) in [6.45, 7) is 2.08. The topological polar surface area (TPSA) is 90.7 Å². The summed E-state index contributed by atoms with van der Waals surface area (Å²) in [6, 6.07) is 4.64. The van der Waals surface area contributed by atoms with Crippen molar-refractivity contribution in [3.63, 3.8) is 0 Å². The van der Waals surface area contributed by atoms with Crippen molar-refractivity contribution < 1.29 is 19.2 Å². The Kier molecular flexibility index (Phi) is 5.41. The molecule has 7 nitrogen and oxygen atoms in total. The predicted molar refractivity (Wildman–Crippen MR) is 99.8 cm³/mol. The van der Waals surface area contributed by atoms with E-state index >= 15 is 0 Å². The number of carbonyl (C=O) groups is 1. The first kappa shape index (κ1) is 18.2. The molecule has 0 spiro atoms. The highest BCUT2D eigenvalue weighted by molar-refractivity contribution is 7.16. The summed E-state index contributed by atoms with van der Waals surface area (Å²) in [4.78, 5) is 24.4. The molecular weight excluding hydrogens is 356 g/mol. The molecule has 1 aromatic heterocycles. The lowest BCUT2D eigenvalue weighted by Gasteiger charge is -2.12. The van der Waals surface area contributed by atoms with Crippen LogP contribution in [-0.2, 0) is 17.6 Å². The molecule has 8 heteroatoms. The molecule has 0 radical (unpaired) electrons. The maximum atomic E-state index is 12.5. The van der Waals surface area contributed by atoms with Crippen molar-refractivity contribution in [2.24, 2.45) is 0 Å². The van der Waals surface area contributed by atoms with Gasteiger partial charge in [-0.05, 0) is 50.3 Å². The number of thiophene rings is 1. The summed E-state index contributed by atoms with van der Waals surface area (Å²) in [7, 11) is 1.39. The molecule has 0 bridgehead atoms. The number of nitrogens with zero attached hydrogens (tertiary/aromatic N) is 1. The molecule has 0 amide bonds. The summed E-state index contributed by atoms with van der Waals surface area (Å²) in [5.74, 6) is -0.158. The Balaban J connectivity index is 1.99. The SMILES string of the molecule is CCOC(=O)c1c(Nc2ccc(OC)c([N+](=O)[O-])c2)sc2c1CCCC2. The van der Waals surface area contributed by atoms with Crippen molar-refractivity contribution in [3.05, 3.63) is 44.3 Å². The van der Waals surface area contributed by atoms with Crippen LogP contribution in [0.1, 0.15) is 40.6 Å². The molecule has 1 heterocycles. The second kappa shape index (κ2) is 7.74. The van der Waals surface area contributed by atoms with E-state index in [4.69, 9.17) is 9.47 Å². The maximum Gasteiger partial charge on any atom is 0.341 e. The standard InChI is InChI=1S/C18H20N2O5S/c1-3-25-18(21)16-12-6-4-5-7-15(12)26-17(16)19-11-8-9-14(24-2)13(10-11)20(22)23/h8-10,19H,3-7H2,1-2H3. The fourth-order valence-electron chi connectivity index (χ4n) is 3.11. The van der Waals surface area contributed by atoms with Gasteiger partial charge in [-0.2, -0.15) is 0 Å². The number of ether oxygens (including phenoxy) is 2. The van der Waals surface area contributed by atoms with Crippen LogP contribution < -0.4 is 10.1 Å². The number of aryl methyl sites for hydroxylation is 1. The lowest BCUT2D eigenvalue weighted by atomic mass is 9.95. The second-order valence-electron chi connectivity index (χ2n) is 5.90. The van der Waals surface area contributed by atoms with E-state index < -0.39 is 4.92 Å². The Bertz CT molecular complexity index is 846. The van der Waals surface area contributed by atoms with Crippen LogP contribution >= 0.6 is 11.3 Å². The number of hydrogen-bond acceptors (Lipinski definition) is 7. The van der Waals surface area contributed by atoms with E-state index in [1.807, 2.05) is 0 Å². The van der Waals surface area contributed by atoms with E-state index in [2.05, 4.69) is 5.32 Å². The maximum absolute atomic E-state index is 12.5. The summed E-state index contributed by atoms with van der Waals surface area (Å²) in [5.41, 5.74) is 2.01. The Morgan fingerprint density at radius 3 is 2.81 bits per heavy atom. The highest BCUT2D eigenvalue weighted by Gasteiger charge is 2.27. The number of hydrogen-bond donors (Lipinski definition) is 1. The Morgan fingerprint density at radius 1 is 1.35 bits per heavy atom. The fraction of sp³-hybridized carbons (Fsp3) is 0.389. The highest BCUT2D eigenvalue weighted by Crippen LogP contribution is 2.41. The fourth-order valence-corrected chi connectivity index (χ4v) is 4.41. The summed E-state index contributed by atoms with van der Waals surface area (Å²) >= 11 is 1.52. The van der Waals surface area contributed by atoms with Crippen LogP contribution in [0.4, 0.5) is 16.4 Å². The number of anilines is 2. The van der Waals surface area contributed by atoms with E-state index in [1.165, 1.54) is 35.5 Å². The van der Waals surface area contributed by atoms with Crippen molar-refractivity contribution in [2.45, 2.75) is 32.6 Å². The average molecular weight is 376 g/mol. The zero-order valence-electron chi connectivity index (χ0n) is 14.7. The van der Waals surface area contributed by atoms with Gasteiger partial charge in [0.15, 0.2) is 5.75 Å². The lowest BCUT2D eigenvalue weighted by Crippen LogP contribution is -2.10. The van der Waals surface area contributed by atoms with Crippen molar-refractivity contribution >= 4 is 33.7 Å². The lowest BCUT2D eigenvalue weighted by molar-refractivity contribution is -0.385. The number of benzene rings is 1.